The number of anilines is 1. The summed E-state index contributed by atoms with van der Waals surface area (Å²) in [4.78, 5) is 24.0. The van der Waals surface area contributed by atoms with E-state index in [4.69, 9.17) is 0 Å². The average Bonchev–Trinajstić information content (AvgIpc) is 2.91. The van der Waals surface area contributed by atoms with Gasteiger partial charge < -0.3 is 5.32 Å². The summed E-state index contributed by atoms with van der Waals surface area (Å²) in [7, 11) is 0. The number of carbonyl (C=O) groups is 1. The molecule has 0 aliphatic rings. The Morgan fingerprint density at radius 1 is 1.38 bits per heavy atom. The van der Waals surface area contributed by atoms with Crippen molar-refractivity contribution >= 4 is 23.4 Å². The van der Waals surface area contributed by atoms with Crippen molar-refractivity contribution in [3.05, 3.63) is 40.3 Å². The fourth-order valence-corrected chi connectivity index (χ4v) is 3.13. The van der Waals surface area contributed by atoms with Crippen molar-refractivity contribution in [2.75, 3.05) is 11.1 Å². The van der Waals surface area contributed by atoms with Crippen molar-refractivity contribution in [3.63, 3.8) is 0 Å². The van der Waals surface area contributed by atoms with E-state index < -0.39 is 0 Å². The molecule has 0 aliphatic heterocycles. The summed E-state index contributed by atoms with van der Waals surface area (Å²) in [6, 6.07) is 7.80. The van der Waals surface area contributed by atoms with Crippen LogP contribution >= 0.6 is 11.8 Å². The van der Waals surface area contributed by atoms with Gasteiger partial charge in [0, 0.05) is 12.2 Å². The molecule has 2 N–H and O–H groups in total. The van der Waals surface area contributed by atoms with E-state index in [9.17, 15) is 9.59 Å². The van der Waals surface area contributed by atoms with Gasteiger partial charge in [-0.25, -0.2) is 9.89 Å². The number of benzene rings is 1. The van der Waals surface area contributed by atoms with E-state index in [1.54, 1.807) is 4.57 Å². The minimum absolute atomic E-state index is 0.106. The van der Waals surface area contributed by atoms with Gasteiger partial charge in [-0.15, -0.1) is 5.10 Å². The number of thioether (sulfide) groups is 1. The number of hydrogen-bond donors (Lipinski definition) is 2. The number of amides is 1. The van der Waals surface area contributed by atoms with Crippen LogP contribution in [0.2, 0.25) is 0 Å². The first-order valence-corrected chi connectivity index (χ1v) is 9.18. The standard InChI is InChI=1S/C17H24N4O2S/c1-4-5-10-21-16(23)19-20-17(21)24-11-15(22)18-14-9-7-6-8-13(14)12(2)3/h6-9,12H,4-5,10-11H2,1-3H3,(H,18,22)(H,19,23). The number of unbranched alkanes of at least 4 members (excludes halogenated alkanes) is 1. The molecule has 1 heterocycles. The molecule has 1 aromatic heterocycles. The van der Waals surface area contributed by atoms with Crippen molar-refractivity contribution < 1.29 is 4.79 Å². The molecule has 1 aromatic carbocycles. The second-order valence-corrected chi connectivity index (χ2v) is 6.84. The normalized spacial score (nSPS) is 11.0. The molecule has 24 heavy (non-hydrogen) atoms. The molecule has 0 atom stereocenters. The number of rotatable bonds is 8. The maximum Gasteiger partial charge on any atom is 0.343 e. The maximum atomic E-state index is 12.2. The molecule has 6 nitrogen and oxygen atoms in total. The first-order valence-electron chi connectivity index (χ1n) is 8.19. The SMILES string of the molecule is CCCCn1c(SCC(=O)Nc2ccccc2C(C)C)n[nH]c1=O. The monoisotopic (exact) mass is 348 g/mol. The van der Waals surface area contributed by atoms with Gasteiger partial charge in [0.2, 0.25) is 5.91 Å². The van der Waals surface area contributed by atoms with E-state index in [2.05, 4.69) is 36.3 Å². The van der Waals surface area contributed by atoms with E-state index in [-0.39, 0.29) is 17.3 Å². The van der Waals surface area contributed by atoms with Crippen molar-refractivity contribution in [2.24, 2.45) is 0 Å². The minimum Gasteiger partial charge on any atom is -0.325 e. The molecule has 2 rings (SSSR count). The smallest absolute Gasteiger partial charge is 0.325 e. The Morgan fingerprint density at radius 2 is 2.12 bits per heavy atom. The number of aromatic nitrogens is 3. The third-order valence-electron chi connectivity index (χ3n) is 3.65. The minimum atomic E-state index is -0.225. The van der Waals surface area contributed by atoms with Crippen LogP contribution in [-0.4, -0.2) is 26.4 Å². The van der Waals surface area contributed by atoms with Gasteiger partial charge in [-0.3, -0.25) is 9.36 Å². The lowest BCUT2D eigenvalue weighted by molar-refractivity contribution is -0.113. The summed E-state index contributed by atoms with van der Waals surface area (Å²) >= 11 is 1.27. The van der Waals surface area contributed by atoms with Gasteiger partial charge in [0.1, 0.15) is 0 Å². The second kappa shape index (κ2) is 8.73. The van der Waals surface area contributed by atoms with E-state index in [0.29, 0.717) is 17.6 Å². The Kier molecular flexibility index (Phi) is 6.66. The molecule has 2 aromatic rings. The van der Waals surface area contributed by atoms with E-state index in [1.807, 2.05) is 24.3 Å². The molecule has 0 aliphatic carbocycles. The zero-order chi connectivity index (χ0) is 17.5. The van der Waals surface area contributed by atoms with E-state index >= 15 is 0 Å². The third-order valence-corrected chi connectivity index (χ3v) is 4.62. The average molecular weight is 348 g/mol. The molecule has 0 unspecified atom stereocenters. The molecular formula is C17H24N4O2S. The molecule has 0 spiro atoms. The van der Waals surface area contributed by atoms with Gasteiger partial charge in [0.15, 0.2) is 5.16 Å². The molecule has 0 bridgehead atoms. The number of carbonyl (C=O) groups excluding carboxylic acids is 1. The number of nitrogens with one attached hydrogen (secondary N) is 2. The second-order valence-electron chi connectivity index (χ2n) is 5.90. The molecule has 0 radical (unpaired) electrons. The Bertz CT molecular complexity index is 736. The molecular weight excluding hydrogens is 324 g/mol. The van der Waals surface area contributed by atoms with Crippen LogP contribution in [0.25, 0.3) is 0 Å². The summed E-state index contributed by atoms with van der Waals surface area (Å²) < 4.78 is 1.59. The summed E-state index contributed by atoms with van der Waals surface area (Å²) in [5.41, 5.74) is 1.72. The topological polar surface area (TPSA) is 79.8 Å². The van der Waals surface area contributed by atoms with Crippen LogP contribution in [-0.2, 0) is 11.3 Å². The first-order chi connectivity index (χ1) is 11.5. The fourth-order valence-electron chi connectivity index (χ4n) is 2.36. The summed E-state index contributed by atoms with van der Waals surface area (Å²) in [6.07, 6.45) is 1.90. The highest BCUT2D eigenvalue weighted by molar-refractivity contribution is 7.99. The van der Waals surface area contributed by atoms with Crippen LogP contribution in [0.4, 0.5) is 5.69 Å². The van der Waals surface area contributed by atoms with Gasteiger partial charge in [0.25, 0.3) is 0 Å². The highest BCUT2D eigenvalue weighted by Gasteiger charge is 2.13. The lowest BCUT2D eigenvalue weighted by Gasteiger charge is -2.13. The molecule has 7 heteroatoms. The van der Waals surface area contributed by atoms with Crippen LogP contribution in [0.5, 0.6) is 0 Å². The largest absolute Gasteiger partial charge is 0.343 e. The highest BCUT2D eigenvalue weighted by Crippen LogP contribution is 2.24. The van der Waals surface area contributed by atoms with Crippen molar-refractivity contribution in [1.29, 1.82) is 0 Å². The number of aromatic amines is 1. The molecule has 0 saturated carbocycles. The number of H-pyrrole nitrogens is 1. The number of hydrogen-bond acceptors (Lipinski definition) is 4. The summed E-state index contributed by atoms with van der Waals surface area (Å²) in [5, 5.41) is 9.95. The van der Waals surface area contributed by atoms with E-state index in [0.717, 1.165) is 24.1 Å². The zero-order valence-corrected chi connectivity index (χ0v) is 15.2. The predicted octanol–water partition coefficient (Wildman–Crippen LogP) is 3.23. The highest BCUT2D eigenvalue weighted by atomic mass is 32.2. The lowest BCUT2D eigenvalue weighted by Crippen LogP contribution is -2.19. The van der Waals surface area contributed by atoms with Crippen molar-refractivity contribution in [1.82, 2.24) is 14.8 Å². The first kappa shape index (κ1) is 18.3. The van der Waals surface area contributed by atoms with Crippen LogP contribution in [0.1, 0.15) is 45.1 Å². The van der Waals surface area contributed by atoms with Crippen LogP contribution in [0.3, 0.4) is 0 Å². The third kappa shape index (κ3) is 4.74. The van der Waals surface area contributed by atoms with Gasteiger partial charge in [-0.05, 0) is 24.0 Å². The van der Waals surface area contributed by atoms with Gasteiger partial charge in [-0.1, -0.05) is 57.2 Å². The van der Waals surface area contributed by atoms with Gasteiger partial charge in [-0.2, -0.15) is 0 Å². The Morgan fingerprint density at radius 3 is 2.83 bits per heavy atom. The summed E-state index contributed by atoms with van der Waals surface area (Å²) in [5.74, 6) is 0.438. The quantitative estimate of drug-likeness (QED) is 0.718. The number of nitrogens with zero attached hydrogens (tertiary/aromatic N) is 2. The maximum absolute atomic E-state index is 12.2. The van der Waals surface area contributed by atoms with Crippen LogP contribution in [0.15, 0.2) is 34.2 Å². The predicted molar refractivity (Wildman–Crippen MR) is 97.6 cm³/mol. The molecule has 0 saturated heterocycles. The molecule has 130 valence electrons. The van der Waals surface area contributed by atoms with Gasteiger partial charge >= 0.3 is 5.69 Å². The molecule has 1 amide bonds. The van der Waals surface area contributed by atoms with Crippen LogP contribution < -0.4 is 11.0 Å². The Balaban J connectivity index is 1.98. The van der Waals surface area contributed by atoms with Crippen molar-refractivity contribution in [3.8, 4) is 0 Å². The van der Waals surface area contributed by atoms with Crippen LogP contribution in [0, 0.1) is 0 Å². The number of para-hydroxylation sites is 1. The fraction of sp³-hybridized carbons (Fsp3) is 0.471. The summed E-state index contributed by atoms with van der Waals surface area (Å²) in [6.45, 7) is 6.87. The zero-order valence-electron chi connectivity index (χ0n) is 14.3. The Labute approximate surface area is 146 Å². The van der Waals surface area contributed by atoms with Crippen molar-refractivity contribution in [2.45, 2.75) is 51.2 Å². The van der Waals surface area contributed by atoms with E-state index in [1.165, 1.54) is 11.8 Å². The Hall–Kier alpha value is -2.02. The lowest BCUT2D eigenvalue weighted by atomic mass is 10.0. The molecule has 0 fully saturated rings. The van der Waals surface area contributed by atoms with Gasteiger partial charge in [0.05, 0.1) is 5.75 Å².